The number of pyridine rings is 1. The van der Waals surface area contributed by atoms with Gasteiger partial charge in [0.2, 0.25) is 0 Å². The number of carbonyl (C=O) groups is 1. The molecule has 3 rings (SSSR count). The molecule has 0 saturated heterocycles. The summed E-state index contributed by atoms with van der Waals surface area (Å²) in [6.07, 6.45) is 2.87. The van der Waals surface area contributed by atoms with Crippen LogP contribution in [-0.4, -0.2) is 10.8 Å². The number of hydrogen-bond donors (Lipinski definition) is 1. The van der Waals surface area contributed by atoms with Gasteiger partial charge in [0.05, 0.1) is 11.1 Å². The molecule has 7 heteroatoms. The first-order valence-electron chi connectivity index (χ1n) is 7.04. The molecule has 3 aromatic rings. The predicted octanol–water partition coefficient (Wildman–Crippen LogP) is 6.26. The van der Waals surface area contributed by atoms with Gasteiger partial charge >= 0.3 is 0 Å². The fourth-order valence-corrected chi connectivity index (χ4v) is 4.12. The Balaban J connectivity index is 2.01. The Bertz CT molecular complexity index is 1090. The molecule has 0 aliphatic carbocycles. The summed E-state index contributed by atoms with van der Waals surface area (Å²) >= 11 is 18.7. The van der Waals surface area contributed by atoms with Gasteiger partial charge in [0, 0.05) is 24.4 Å². The number of aromatic amines is 1. The van der Waals surface area contributed by atoms with Crippen molar-refractivity contribution in [2.45, 2.75) is 0 Å². The molecule has 0 amide bonds. The minimum absolute atomic E-state index is 0.0526. The minimum atomic E-state index is -0.450. The van der Waals surface area contributed by atoms with E-state index >= 15 is 0 Å². The third-order valence-corrected chi connectivity index (χ3v) is 5.19. The van der Waals surface area contributed by atoms with Crippen molar-refractivity contribution in [1.29, 1.82) is 0 Å². The van der Waals surface area contributed by atoms with E-state index in [0.717, 1.165) is 14.3 Å². The number of hydrogen-bond acceptors (Lipinski definition) is 2. The van der Waals surface area contributed by atoms with E-state index in [9.17, 15) is 9.59 Å². The summed E-state index contributed by atoms with van der Waals surface area (Å²) in [6.45, 7) is 0. The van der Waals surface area contributed by atoms with Gasteiger partial charge in [-0.3, -0.25) is 9.59 Å². The number of rotatable bonds is 3. The Labute approximate surface area is 169 Å². The zero-order valence-corrected chi connectivity index (χ0v) is 17.1. The molecule has 0 unspecified atom stereocenters. The summed E-state index contributed by atoms with van der Waals surface area (Å²) < 4.78 is 1.59. The van der Waals surface area contributed by atoms with Crippen molar-refractivity contribution in [2.75, 3.05) is 0 Å². The largest absolute Gasteiger partial charge is 0.321 e. The van der Waals surface area contributed by atoms with Gasteiger partial charge in [-0.15, -0.1) is 0 Å². The number of allylic oxidation sites excluding steroid dienone is 1. The van der Waals surface area contributed by atoms with Gasteiger partial charge in [-0.1, -0.05) is 61.1 Å². The maximum atomic E-state index is 12.4. The Morgan fingerprint density at radius 3 is 2.56 bits per heavy atom. The highest BCUT2D eigenvalue weighted by molar-refractivity contribution is 9.11. The van der Waals surface area contributed by atoms with Crippen LogP contribution in [0.3, 0.4) is 0 Å². The number of carbonyl (C=O) groups excluding carboxylic acids is 1. The predicted molar refractivity (Wildman–Crippen MR) is 110 cm³/mol. The number of benzene rings is 2. The van der Waals surface area contributed by atoms with Crippen LogP contribution < -0.4 is 5.56 Å². The molecular weight excluding hydrogens is 493 g/mol. The summed E-state index contributed by atoms with van der Waals surface area (Å²) in [4.78, 5) is 27.4. The van der Waals surface area contributed by atoms with Gasteiger partial charge in [0.25, 0.3) is 5.56 Å². The van der Waals surface area contributed by atoms with Gasteiger partial charge in [-0.25, -0.2) is 0 Å². The van der Waals surface area contributed by atoms with Crippen LogP contribution in [0.4, 0.5) is 0 Å². The van der Waals surface area contributed by atoms with Crippen molar-refractivity contribution in [3.8, 4) is 0 Å². The van der Waals surface area contributed by atoms with Crippen molar-refractivity contribution in [1.82, 2.24) is 4.98 Å². The number of halogens is 4. The van der Waals surface area contributed by atoms with Crippen molar-refractivity contribution in [3.63, 3.8) is 0 Å². The van der Waals surface area contributed by atoms with Gasteiger partial charge < -0.3 is 4.98 Å². The topological polar surface area (TPSA) is 49.9 Å². The summed E-state index contributed by atoms with van der Waals surface area (Å²) in [5, 5.41) is 1.68. The molecule has 0 saturated carbocycles. The standard InChI is InChI=1S/C18H9Br2Cl2NO2/c19-10-5-14(20)12-8-13(18(25)23-16(12)6-10)17(24)4-2-9-1-3-11(21)7-15(9)22/h1-8H,(H,23,25)/b4-2+. The van der Waals surface area contributed by atoms with Crippen molar-refractivity contribution in [3.05, 3.63) is 82.9 Å². The lowest BCUT2D eigenvalue weighted by atomic mass is 10.1. The van der Waals surface area contributed by atoms with E-state index < -0.39 is 11.3 Å². The van der Waals surface area contributed by atoms with E-state index in [0.29, 0.717) is 21.1 Å². The molecule has 0 aliphatic heterocycles. The zero-order chi connectivity index (χ0) is 18.1. The van der Waals surface area contributed by atoms with Gasteiger partial charge in [0.1, 0.15) is 0 Å². The summed E-state index contributed by atoms with van der Waals surface area (Å²) in [7, 11) is 0. The maximum Gasteiger partial charge on any atom is 0.259 e. The second-order valence-electron chi connectivity index (χ2n) is 5.22. The molecule has 0 bridgehead atoms. The highest BCUT2D eigenvalue weighted by atomic mass is 79.9. The monoisotopic (exact) mass is 499 g/mol. The van der Waals surface area contributed by atoms with E-state index in [2.05, 4.69) is 36.8 Å². The van der Waals surface area contributed by atoms with E-state index in [1.54, 1.807) is 36.4 Å². The lowest BCUT2D eigenvalue weighted by Crippen LogP contribution is -2.16. The smallest absolute Gasteiger partial charge is 0.259 e. The molecule has 25 heavy (non-hydrogen) atoms. The highest BCUT2D eigenvalue weighted by Gasteiger charge is 2.12. The van der Waals surface area contributed by atoms with Gasteiger partial charge in [-0.05, 0) is 48.0 Å². The van der Waals surface area contributed by atoms with E-state index in [1.165, 1.54) is 6.08 Å². The average molecular weight is 502 g/mol. The summed E-state index contributed by atoms with van der Waals surface area (Å²) in [5.74, 6) is -0.413. The fourth-order valence-electron chi connectivity index (χ4n) is 2.31. The van der Waals surface area contributed by atoms with Crippen LogP contribution in [0.5, 0.6) is 0 Å². The van der Waals surface area contributed by atoms with Crippen molar-refractivity contribution < 1.29 is 4.79 Å². The molecule has 1 aromatic heterocycles. The quantitative estimate of drug-likeness (QED) is 0.340. The van der Waals surface area contributed by atoms with Crippen molar-refractivity contribution >= 4 is 77.8 Å². The Morgan fingerprint density at radius 2 is 1.84 bits per heavy atom. The molecule has 0 radical (unpaired) electrons. The second-order valence-corrected chi connectivity index (χ2v) is 7.84. The number of fused-ring (bicyclic) bond motifs is 1. The Hall–Kier alpha value is -1.40. The first-order chi connectivity index (χ1) is 11.8. The second kappa shape index (κ2) is 7.46. The van der Waals surface area contributed by atoms with E-state index in [1.807, 2.05) is 6.07 Å². The molecule has 0 spiro atoms. The van der Waals surface area contributed by atoms with Crippen LogP contribution >= 0.6 is 55.1 Å². The number of nitrogens with one attached hydrogen (secondary N) is 1. The molecule has 1 heterocycles. The number of ketones is 1. The normalized spacial score (nSPS) is 11.4. The summed E-state index contributed by atoms with van der Waals surface area (Å²) in [5.41, 5.74) is 0.875. The first-order valence-corrected chi connectivity index (χ1v) is 9.39. The Kier molecular flexibility index (Phi) is 5.49. The van der Waals surface area contributed by atoms with Crippen molar-refractivity contribution in [2.24, 2.45) is 0 Å². The van der Waals surface area contributed by atoms with Gasteiger partial charge in [0.15, 0.2) is 5.78 Å². The molecule has 2 aromatic carbocycles. The van der Waals surface area contributed by atoms with E-state index in [-0.39, 0.29) is 5.56 Å². The van der Waals surface area contributed by atoms with Crippen LogP contribution in [0, 0.1) is 0 Å². The number of H-pyrrole nitrogens is 1. The third kappa shape index (κ3) is 4.06. The lowest BCUT2D eigenvalue weighted by molar-refractivity contribution is 0.104. The number of aromatic nitrogens is 1. The lowest BCUT2D eigenvalue weighted by Gasteiger charge is -2.04. The minimum Gasteiger partial charge on any atom is -0.321 e. The highest BCUT2D eigenvalue weighted by Crippen LogP contribution is 2.27. The van der Waals surface area contributed by atoms with Gasteiger partial charge in [-0.2, -0.15) is 0 Å². The molecular formula is C18H9Br2Cl2NO2. The average Bonchev–Trinajstić information content (AvgIpc) is 2.53. The Morgan fingerprint density at radius 1 is 1.08 bits per heavy atom. The SMILES string of the molecule is O=C(/C=C/c1ccc(Cl)cc1Cl)c1cc2c(Br)cc(Br)cc2[nH]c1=O. The van der Waals surface area contributed by atoms with Crippen LogP contribution in [0.2, 0.25) is 10.0 Å². The zero-order valence-electron chi connectivity index (χ0n) is 12.4. The summed E-state index contributed by atoms with van der Waals surface area (Å²) in [6, 6.07) is 10.2. The van der Waals surface area contributed by atoms with E-state index in [4.69, 9.17) is 23.2 Å². The van der Waals surface area contributed by atoms with Crippen LogP contribution in [0.15, 0.2) is 56.2 Å². The fraction of sp³-hybridized carbons (Fsp3) is 0. The van der Waals surface area contributed by atoms with Crippen LogP contribution in [0.1, 0.15) is 15.9 Å². The van der Waals surface area contributed by atoms with Crippen LogP contribution in [-0.2, 0) is 0 Å². The third-order valence-electron chi connectivity index (χ3n) is 3.52. The molecule has 0 atom stereocenters. The van der Waals surface area contributed by atoms with Crippen LogP contribution in [0.25, 0.3) is 17.0 Å². The molecule has 1 N–H and O–H groups in total. The molecule has 126 valence electrons. The molecule has 3 nitrogen and oxygen atoms in total. The maximum absolute atomic E-state index is 12.4. The molecule has 0 fully saturated rings. The first kappa shape index (κ1) is 18.4. The molecule has 0 aliphatic rings.